The van der Waals surface area contributed by atoms with Crippen LogP contribution in [0.5, 0.6) is 0 Å². The molecule has 0 radical (unpaired) electrons. The van der Waals surface area contributed by atoms with Crippen molar-refractivity contribution in [1.82, 2.24) is 5.32 Å². The summed E-state index contributed by atoms with van der Waals surface area (Å²) in [6, 6.07) is -0.912. The Balaban J connectivity index is 1.75. The van der Waals surface area contributed by atoms with E-state index in [0.29, 0.717) is 6.42 Å². The van der Waals surface area contributed by atoms with Crippen LogP contribution in [0.2, 0.25) is 0 Å². The molecule has 66 heavy (non-hydrogen) atoms. The SMILES string of the molecule is CCCCCCC/C=C\C/C=C\CCCCCCCCCCCCCC(=O)NC(COC1OC(CO)C(OC2OC(CO)C(O)C(O)C2O)C(O)C1O)C(O)/C=C/CCCCCCCCC. The maximum absolute atomic E-state index is 13.2. The van der Waals surface area contributed by atoms with Crippen molar-refractivity contribution in [2.45, 2.75) is 267 Å². The van der Waals surface area contributed by atoms with E-state index in [0.717, 1.165) is 51.4 Å². The van der Waals surface area contributed by atoms with Crippen molar-refractivity contribution in [3.8, 4) is 0 Å². The van der Waals surface area contributed by atoms with Gasteiger partial charge in [0.25, 0.3) is 0 Å². The molecule has 2 rings (SSSR count). The van der Waals surface area contributed by atoms with Gasteiger partial charge >= 0.3 is 0 Å². The molecule has 9 N–H and O–H groups in total. The molecule has 12 unspecified atom stereocenters. The second-order valence-electron chi connectivity index (χ2n) is 18.6. The summed E-state index contributed by atoms with van der Waals surface area (Å²) >= 11 is 0. The third kappa shape index (κ3) is 25.7. The number of unbranched alkanes of at least 4 members (excludes halogenated alkanes) is 23. The van der Waals surface area contributed by atoms with Crippen molar-refractivity contribution in [1.29, 1.82) is 0 Å². The summed E-state index contributed by atoms with van der Waals surface area (Å²) in [5, 5.41) is 86.6. The van der Waals surface area contributed by atoms with E-state index in [-0.39, 0.29) is 18.9 Å². The Kier molecular flexibility index (Phi) is 35.6. The fourth-order valence-electron chi connectivity index (χ4n) is 8.50. The number of nitrogens with one attached hydrogen (secondary N) is 1. The number of aliphatic hydroxyl groups is 8. The molecule has 0 saturated carbocycles. The smallest absolute Gasteiger partial charge is 0.220 e. The molecular weight excluding hydrogens is 847 g/mol. The van der Waals surface area contributed by atoms with E-state index < -0.39 is 86.8 Å². The van der Waals surface area contributed by atoms with E-state index in [1.54, 1.807) is 6.08 Å². The Morgan fingerprint density at radius 1 is 0.545 bits per heavy atom. The summed E-state index contributed by atoms with van der Waals surface area (Å²) in [4.78, 5) is 13.2. The average Bonchev–Trinajstić information content (AvgIpc) is 3.31. The van der Waals surface area contributed by atoms with Crippen LogP contribution in [-0.2, 0) is 23.7 Å². The molecule has 2 saturated heterocycles. The minimum atomic E-state index is -1.79. The highest BCUT2D eigenvalue weighted by atomic mass is 16.7. The Bertz CT molecular complexity index is 1250. The van der Waals surface area contributed by atoms with E-state index in [9.17, 15) is 45.6 Å². The minimum absolute atomic E-state index is 0.245. The molecule has 0 bridgehead atoms. The Morgan fingerprint density at radius 2 is 1.00 bits per heavy atom. The lowest BCUT2D eigenvalue weighted by molar-refractivity contribution is -0.359. The van der Waals surface area contributed by atoms with Crippen LogP contribution in [0.1, 0.15) is 194 Å². The highest BCUT2D eigenvalue weighted by Gasteiger charge is 2.51. The van der Waals surface area contributed by atoms with Crippen LogP contribution < -0.4 is 5.32 Å². The predicted octanol–water partition coefficient (Wildman–Crippen LogP) is 7.10. The molecule has 2 aliphatic heterocycles. The van der Waals surface area contributed by atoms with Gasteiger partial charge in [-0.05, 0) is 51.4 Å². The zero-order chi connectivity index (χ0) is 48.2. The molecule has 14 heteroatoms. The summed E-state index contributed by atoms with van der Waals surface area (Å²) in [6.07, 6.45) is 27.7. The first-order valence-electron chi connectivity index (χ1n) is 26.2. The van der Waals surface area contributed by atoms with Gasteiger partial charge in [-0.1, -0.05) is 172 Å². The lowest BCUT2D eigenvalue weighted by Crippen LogP contribution is -2.65. The number of carbonyl (C=O) groups excluding carboxylic acids is 1. The second kappa shape index (κ2) is 39.0. The fraction of sp³-hybridized carbons (Fsp3) is 0.865. The van der Waals surface area contributed by atoms with Crippen LogP contribution in [-0.4, -0.2) is 140 Å². The van der Waals surface area contributed by atoms with Crippen molar-refractivity contribution in [3.05, 3.63) is 36.5 Å². The normalized spacial score (nSPS) is 27.1. The highest BCUT2D eigenvalue weighted by molar-refractivity contribution is 5.76. The van der Waals surface area contributed by atoms with Crippen LogP contribution in [0.25, 0.3) is 0 Å². The number of allylic oxidation sites excluding steroid dienone is 5. The van der Waals surface area contributed by atoms with E-state index in [4.69, 9.17) is 18.9 Å². The van der Waals surface area contributed by atoms with E-state index >= 15 is 0 Å². The van der Waals surface area contributed by atoms with E-state index in [1.165, 1.54) is 116 Å². The molecule has 2 fully saturated rings. The van der Waals surface area contributed by atoms with Crippen molar-refractivity contribution in [3.63, 3.8) is 0 Å². The second-order valence-corrected chi connectivity index (χ2v) is 18.6. The van der Waals surface area contributed by atoms with Crippen LogP contribution in [0.15, 0.2) is 36.5 Å². The first-order chi connectivity index (χ1) is 32.1. The molecule has 0 spiro atoms. The van der Waals surface area contributed by atoms with Gasteiger partial charge in [0.05, 0.1) is 32.0 Å². The molecule has 1 amide bonds. The van der Waals surface area contributed by atoms with E-state index in [1.807, 2.05) is 6.08 Å². The summed E-state index contributed by atoms with van der Waals surface area (Å²) in [5.74, 6) is -0.245. The van der Waals surface area contributed by atoms with Gasteiger partial charge in [-0.25, -0.2) is 0 Å². The van der Waals surface area contributed by atoms with Crippen molar-refractivity contribution < 1.29 is 64.6 Å². The number of hydrogen-bond acceptors (Lipinski definition) is 13. The number of amides is 1. The summed E-state index contributed by atoms with van der Waals surface area (Å²) < 4.78 is 22.6. The lowest BCUT2D eigenvalue weighted by Gasteiger charge is -2.46. The van der Waals surface area contributed by atoms with Crippen LogP contribution in [0.3, 0.4) is 0 Å². The fourth-order valence-corrected chi connectivity index (χ4v) is 8.50. The molecule has 386 valence electrons. The van der Waals surface area contributed by atoms with E-state index in [2.05, 4.69) is 43.5 Å². The number of hydrogen-bond donors (Lipinski definition) is 9. The zero-order valence-electron chi connectivity index (χ0n) is 40.9. The van der Waals surface area contributed by atoms with Crippen molar-refractivity contribution in [2.24, 2.45) is 0 Å². The summed E-state index contributed by atoms with van der Waals surface area (Å²) in [7, 11) is 0. The van der Waals surface area contributed by atoms with Crippen LogP contribution in [0, 0.1) is 0 Å². The zero-order valence-corrected chi connectivity index (χ0v) is 40.9. The first-order valence-corrected chi connectivity index (χ1v) is 26.2. The first kappa shape index (κ1) is 60.3. The number of aliphatic hydroxyl groups excluding tert-OH is 8. The quantitative estimate of drug-likeness (QED) is 0.0221. The summed E-state index contributed by atoms with van der Waals surface area (Å²) in [6.45, 7) is 2.73. The van der Waals surface area contributed by atoms with Crippen molar-refractivity contribution >= 4 is 5.91 Å². The molecule has 14 nitrogen and oxygen atoms in total. The van der Waals surface area contributed by atoms with Crippen molar-refractivity contribution in [2.75, 3.05) is 19.8 Å². The minimum Gasteiger partial charge on any atom is -0.394 e. The molecule has 2 heterocycles. The van der Waals surface area contributed by atoms with Gasteiger partial charge in [0.1, 0.15) is 48.8 Å². The number of rotatable bonds is 40. The lowest BCUT2D eigenvalue weighted by atomic mass is 9.97. The standard InChI is InChI=1S/C52H95NO13/c1-3-5-7-9-11-13-14-15-16-17-18-19-20-21-22-23-24-25-26-28-30-32-34-36-44(57)53-40(41(56)35-33-31-29-27-12-10-8-6-4-2)39-63-51-49(62)47(60)50(43(38-55)65-51)66-52-48(61)46(59)45(58)42(37-54)64-52/h14-15,17-18,33,35,40-43,45-52,54-56,58-62H,3-13,16,19-32,34,36-39H2,1-2H3,(H,53,57)/b15-14-,18-17-,35-33+. The van der Waals surface area contributed by atoms with Gasteiger partial charge < -0.3 is 65.1 Å². The highest BCUT2D eigenvalue weighted by Crippen LogP contribution is 2.30. The van der Waals surface area contributed by atoms with Gasteiger partial charge in [0.2, 0.25) is 5.91 Å². The average molecular weight is 942 g/mol. The molecule has 0 aromatic heterocycles. The molecule has 0 aliphatic carbocycles. The van der Waals surface area contributed by atoms with Gasteiger partial charge in [0.15, 0.2) is 12.6 Å². The Morgan fingerprint density at radius 3 is 1.52 bits per heavy atom. The topological polar surface area (TPSA) is 228 Å². The predicted molar refractivity (Wildman–Crippen MR) is 258 cm³/mol. The molecule has 0 aromatic rings. The molecular formula is C52H95NO13. The number of ether oxygens (including phenoxy) is 4. The van der Waals surface area contributed by atoms with Gasteiger partial charge in [-0.3, -0.25) is 4.79 Å². The maximum atomic E-state index is 13.2. The van der Waals surface area contributed by atoms with Crippen LogP contribution in [0.4, 0.5) is 0 Å². The Hall–Kier alpha value is -1.79. The van der Waals surface area contributed by atoms with Gasteiger partial charge in [-0.15, -0.1) is 0 Å². The third-order valence-electron chi connectivity index (χ3n) is 12.8. The molecule has 0 aromatic carbocycles. The molecule has 2 aliphatic rings. The molecule has 12 atom stereocenters. The van der Waals surface area contributed by atoms with Crippen LogP contribution >= 0.6 is 0 Å². The summed E-state index contributed by atoms with van der Waals surface area (Å²) in [5.41, 5.74) is 0. The monoisotopic (exact) mass is 942 g/mol. The Labute approximate surface area is 398 Å². The largest absolute Gasteiger partial charge is 0.394 e. The van der Waals surface area contributed by atoms with Gasteiger partial charge in [-0.2, -0.15) is 0 Å². The van der Waals surface area contributed by atoms with Gasteiger partial charge in [0, 0.05) is 6.42 Å². The third-order valence-corrected chi connectivity index (χ3v) is 12.8. The number of carbonyl (C=O) groups is 1. The maximum Gasteiger partial charge on any atom is 0.220 e.